The lowest BCUT2D eigenvalue weighted by molar-refractivity contribution is 0.766. The lowest BCUT2D eigenvalue weighted by Gasteiger charge is -2.11. The molecule has 3 nitrogen and oxygen atoms in total. The smallest absolute Gasteiger partial charge is 0.133 e. The molecule has 0 amide bonds. The molecular formula is C16H20BrN3. The van der Waals surface area contributed by atoms with E-state index < -0.39 is 0 Å². The third-order valence-electron chi connectivity index (χ3n) is 3.40. The molecule has 0 saturated carbocycles. The number of nitrogens with one attached hydrogen (secondary N) is 1. The minimum Gasteiger partial charge on any atom is -0.319 e. The zero-order chi connectivity index (χ0) is 14.5. The van der Waals surface area contributed by atoms with Gasteiger partial charge in [0, 0.05) is 22.3 Å². The van der Waals surface area contributed by atoms with Gasteiger partial charge < -0.3 is 5.32 Å². The number of aryl methyl sites for hydroxylation is 2. The summed E-state index contributed by atoms with van der Waals surface area (Å²) in [4.78, 5) is 9.33. The Morgan fingerprint density at radius 1 is 1.10 bits per heavy atom. The molecule has 2 rings (SSSR count). The lowest BCUT2D eigenvalue weighted by Crippen LogP contribution is -2.14. The Morgan fingerprint density at radius 2 is 1.75 bits per heavy atom. The lowest BCUT2D eigenvalue weighted by atomic mass is 10.1. The average molecular weight is 334 g/mol. The van der Waals surface area contributed by atoms with E-state index in [1.165, 1.54) is 11.1 Å². The molecule has 0 unspecified atom stereocenters. The predicted molar refractivity (Wildman–Crippen MR) is 86.1 cm³/mol. The first-order valence-electron chi connectivity index (χ1n) is 6.82. The minimum atomic E-state index is 0.759. The molecule has 1 heterocycles. The van der Waals surface area contributed by atoms with Crippen LogP contribution in [0.1, 0.15) is 28.3 Å². The van der Waals surface area contributed by atoms with Crippen LogP contribution in [0.4, 0.5) is 0 Å². The van der Waals surface area contributed by atoms with E-state index in [1.54, 1.807) is 0 Å². The molecule has 1 aromatic heterocycles. The molecule has 0 fully saturated rings. The van der Waals surface area contributed by atoms with Crippen LogP contribution in [0.3, 0.4) is 0 Å². The Morgan fingerprint density at radius 3 is 2.35 bits per heavy atom. The topological polar surface area (TPSA) is 37.8 Å². The van der Waals surface area contributed by atoms with Crippen LogP contribution in [0.25, 0.3) is 0 Å². The molecule has 1 aromatic carbocycles. The van der Waals surface area contributed by atoms with E-state index in [0.29, 0.717) is 0 Å². The summed E-state index contributed by atoms with van der Waals surface area (Å²) in [6, 6.07) is 8.22. The number of hydrogen-bond acceptors (Lipinski definition) is 3. The van der Waals surface area contributed by atoms with E-state index in [-0.39, 0.29) is 0 Å². The van der Waals surface area contributed by atoms with Crippen LogP contribution >= 0.6 is 15.9 Å². The van der Waals surface area contributed by atoms with Crippen molar-refractivity contribution in [3.05, 3.63) is 57.1 Å². The summed E-state index contributed by atoms with van der Waals surface area (Å²) in [5.41, 5.74) is 4.66. The molecule has 0 aliphatic carbocycles. The maximum absolute atomic E-state index is 4.66. The van der Waals surface area contributed by atoms with Crippen molar-refractivity contribution in [3.63, 3.8) is 0 Å². The maximum Gasteiger partial charge on any atom is 0.133 e. The normalized spacial score (nSPS) is 10.8. The number of likely N-dealkylation sites (N-methyl/N-ethyl adjacent to an activating group) is 1. The van der Waals surface area contributed by atoms with Gasteiger partial charge >= 0.3 is 0 Å². The number of halogens is 1. The SMILES string of the molecule is CNCCc1c(C)nc(Cc2ccccc2Br)nc1C. The minimum absolute atomic E-state index is 0.759. The Labute approximate surface area is 129 Å². The quantitative estimate of drug-likeness (QED) is 0.912. The second-order valence-corrected chi connectivity index (χ2v) is 5.77. The molecule has 20 heavy (non-hydrogen) atoms. The van der Waals surface area contributed by atoms with Crippen molar-refractivity contribution in [3.8, 4) is 0 Å². The summed E-state index contributed by atoms with van der Waals surface area (Å²) >= 11 is 3.58. The number of benzene rings is 1. The zero-order valence-electron chi connectivity index (χ0n) is 12.2. The van der Waals surface area contributed by atoms with Gasteiger partial charge in [0.15, 0.2) is 0 Å². The summed E-state index contributed by atoms with van der Waals surface area (Å²) in [7, 11) is 1.97. The number of hydrogen-bond donors (Lipinski definition) is 1. The van der Waals surface area contributed by atoms with E-state index >= 15 is 0 Å². The van der Waals surface area contributed by atoms with Gasteiger partial charge in [-0.15, -0.1) is 0 Å². The summed E-state index contributed by atoms with van der Waals surface area (Å²) < 4.78 is 1.11. The average Bonchev–Trinajstić information content (AvgIpc) is 2.41. The van der Waals surface area contributed by atoms with Gasteiger partial charge in [0.1, 0.15) is 5.82 Å². The molecule has 0 aliphatic heterocycles. The van der Waals surface area contributed by atoms with E-state index in [9.17, 15) is 0 Å². The molecule has 0 aliphatic rings. The highest BCUT2D eigenvalue weighted by molar-refractivity contribution is 9.10. The van der Waals surface area contributed by atoms with E-state index in [1.807, 2.05) is 19.2 Å². The first-order valence-corrected chi connectivity index (χ1v) is 7.62. The van der Waals surface area contributed by atoms with Gasteiger partial charge in [-0.25, -0.2) is 9.97 Å². The van der Waals surface area contributed by atoms with Crippen molar-refractivity contribution in [2.24, 2.45) is 0 Å². The fourth-order valence-electron chi connectivity index (χ4n) is 2.31. The predicted octanol–water partition coefficient (Wildman–Crippen LogP) is 3.21. The number of nitrogens with zero attached hydrogens (tertiary/aromatic N) is 2. The second kappa shape index (κ2) is 6.95. The molecule has 0 spiro atoms. The molecule has 4 heteroatoms. The molecule has 2 aromatic rings. The van der Waals surface area contributed by atoms with Gasteiger partial charge in [-0.3, -0.25) is 0 Å². The second-order valence-electron chi connectivity index (χ2n) is 4.91. The van der Waals surface area contributed by atoms with Crippen LogP contribution < -0.4 is 5.32 Å². The number of aromatic nitrogens is 2. The summed E-state index contributed by atoms with van der Waals surface area (Å²) in [5.74, 6) is 0.889. The van der Waals surface area contributed by atoms with E-state index in [4.69, 9.17) is 0 Å². The first-order chi connectivity index (χ1) is 9.61. The highest BCUT2D eigenvalue weighted by atomic mass is 79.9. The fraction of sp³-hybridized carbons (Fsp3) is 0.375. The Hall–Kier alpha value is -1.26. The van der Waals surface area contributed by atoms with Gasteiger partial charge in [-0.2, -0.15) is 0 Å². The number of rotatable bonds is 5. The maximum atomic E-state index is 4.66. The highest BCUT2D eigenvalue weighted by Gasteiger charge is 2.09. The Bertz CT molecular complexity index is 573. The van der Waals surface area contributed by atoms with Gasteiger partial charge in [-0.05, 0) is 51.1 Å². The molecule has 106 valence electrons. The van der Waals surface area contributed by atoms with Crippen LogP contribution in [-0.4, -0.2) is 23.6 Å². The van der Waals surface area contributed by atoms with Gasteiger partial charge in [0.2, 0.25) is 0 Å². The fourth-order valence-corrected chi connectivity index (χ4v) is 2.74. The summed E-state index contributed by atoms with van der Waals surface area (Å²) in [5, 5.41) is 3.17. The van der Waals surface area contributed by atoms with E-state index in [0.717, 1.165) is 41.1 Å². The van der Waals surface area contributed by atoms with Crippen molar-refractivity contribution < 1.29 is 0 Å². The van der Waals surface area contributed by atoms with Crippen LogP contribution in [0.2, 0.25) is 0 Å². The summed E-state index contributed by atoms with van der Waals surface area (Å²) in [6.07, 6.45) is 1.74. The zero-order valence-corrected chi connectivity index (χ0v) is 13.8. The van der Waals surface area contributed by atoms with Crippen molar-refractivity contribution in [2.75, 3.05) is 13.6 Å². The van der Waals surface area contributed by atoms with Crippen LogP contribution in [0, 0.1) is 13.8 Å². The molecule has 0 radical (unpaired) electrons. The molecule has 0 atom stereocenters. The molecule has 0 saturated heterocycles. The van der Waals surface area contributed by atoms with Crippen LogP contribution in [0.5, 0.6) is 0 Å². The highest BCUT2D eigenvalue weighted by Crippen LogP contribution is 2.19. The Kier molecular flexibility index (Phi) is 5.26. The van der Waals surface area contributed by atoms with Gasteiger partial charge in [0.25, 0.3) is 0 Å². The first kappa shape index (κ1) is 15.1. The van der Waals surface area contributed by atoms with Gasteiger partial charge in [0.05, 0.1) is 0 Å². The molecule has 0 bridgehead atoms. The van der Waals surface area contributed by atoms with Crippen molar-refractivity contribution in [2.45, 2.75) is 26.7 Å². The molecule has 1 N–H and O–H groups in total. The van der Waals surface area contributed by atoms with Crippen LogP contribution in [0.15, 0.2) is 28.7 Å². The standard InChI is InChI=1S/C16H20BrN3/c1-11-14(8-9-18-3)12(2)20-16(19-11)10-13-6-4-5-7-15(13)17/h4-7,18H,8-10H2,1-3H3. The third kappa shape index (κ3) is 3.64. The molecular weight excluding hydrogens is 314 g/mol. The monoisotopic (exact) mass is 333 g/mol. The third-order valence-corrected chi connectivity index (χ3v) is 4.17. The van der Waals surface area contributed by atoms with Crippen molar-refractivity contribution in [1.82, 2.24) is 15.3 Å². The van der Waals surface area contributed by atoms with Crippen molar-refractivity contribution >= 4 is 15.9 Å². The largest absolute Gasteiger partial charge is 0.319 e. The summed E-state index contributed by atoms with van der Waals surface area (Å²) in [6.45, 7) is 5.10. The Balaban J connectivity index is 2.24. The van der Waals surface area contributed by atoms with Gasteiger partial charge in [-0.1, -0.05) is 34.1 Å². The van der Waals surface area contributed by atoms with E-state index in [2.05, 4.69) is 57.2 Å². The van der Waals surface area contributed by atoms with Crippen LogP contribution in [-0.2, 0) is 12.8 Å². The van der Waals surface area contributed by atoms with Crippen molar-refractivity contribution in [1.29, 1.82) is 0 Å².